The number of nitrogens with zero attached hydrogens (tertiary/aromatic N) is 5. The van der Waals surface area contributed by atoms with Crippen LogP contribution < -0.4 is 5.32 Å². The summed E-state index contributed by atoms with van der Waals surface area (Å²) < 4.78 is 1.64. The standard InChI is InChI=1S/C22H22N6O4/c1-15-11-17(6-9-19(15)28(31)32)22(30)26-10-2-3-20(26)21(29)24-12-16-4-7-18(8-5-16)27-14-23-13-25-27/h4-9,11,13-14,20H,2-3,10,12H2,1H3,(H,24,29). The van der Waals surface area contributed by atoms with E-state index < -0.39 is 11.0 Å². The van der Waals surface area contributed by atoms with Crippen molar-refractivity contribution in [3.05, 3.63) is 81.9 Å². The van der Waals surface area contributed by atoms with Crippen LogP contribution in [0.3, 0.4) is 0 Å². The van der Waals surface area contributed by atoms with Gasteiger partial charge in [-0.3, -0.25) is 19.7 Å². The van der Waals surface area contributed by atoms with E-state index in [1.165, 1.54) is 24.5 Å². The van der Waals surface area contributed by atoms with Gasteiger partial charge in [0.1, 0.15) is 18.7 Å². The largest absolute Gasteiger partial charge is 0.350 e. The molecule has 10 heteroatoms. The number of rotatable bonds is 6. The second-order valence-electron chi connectivity index (χ2n) is 7.64. The Labute approximate surface area is 184 Å². The number of amides is 2. The summed E-state index contributed by atoms with van der Waals surface area (Å²) in [7, 11) is 0. The summed E-state index contributed by atoms with van der Waals surface area (Å²) in [6.45, 7) is 2.41. The average molecular weight is 434 g/mol. The van der Waals surface area contributed by atoms with Gasteiger partial charge in [0, 0.05) is 30.3 Å². The first-order chi connectivity index (χ1) is 15.4. The number of benzene rings is 2. The van der Waals surface area contributed by atoms with E-state index in [2.05, 4.69) is 15.4 Å². The van der Waals surface area contributed by atoms with Gasteiger partial charge in [0.15, 0.2) is 0 Å². The Hall–Kier alpha value is -4.08. The van der Waals surface area contributed by atoms with E-state index in [1.807, 2.05) is 24.3 Å². The Bertz CT molecular complexity index is 1140. The Kier molecular flexibility index (Phi) is 5.93. The number of likely N-dealkylation sites (tertiary alicyclic amines) is 1. The number of aryl methyl sites for hydroxylation is 1. The molecular formula is C22H22N6O4. The summed E-state index contributed by atoms with van der Waals surface area (Å²) in [6.07, 6.45) is 4.37. The lowest BCUT2D eigenvalue weighted by Gasteiger charge is -2.24. The third-order valence-electron chi connectivity index (χ3n) is 5.54. The number of carbonyl (C=O) groups excluding carboxylic acids is 2. The smallest absolute Gasteiger partial charge is 0.272 e. The lowest BCUT2D eigenvalue weighted by atomic mass is 10.1. The quantitative estimate of drug-likeness (QED) is 0.469. The summed E-state index contributed by atoms with van der Waals surface area (Å²) >= 11 is 0. The molecule has 2 amide bonds. The van der Waals surface area contributed by atoms with Crippen molar-refractivity contribution in [3.63, 3.8) is 0 Å². The predicted octanol–water partition coefficient (Wildman–Crippen LogP) is 2.40. The predicted molar refractivity (Wildman–Crippen MR) is 115 cm³/mol. The fraction of sp³-hybridized carbons (Fsp3) is 0.273. The molecular weight excluding hydrogens is 412 g/mol. The summed E-state index contributed by atoms with van der Waals surface area (Å²) in [4.78, 5) is 41.8. The van der Waals surface area contributed by atoms with Gasteiger partial charge in [0.05, 0.1) is 10.6 Å². The molecule has 0 bridgehead atoms. The van der Waals surface area contributed by atoms with E-state index in [0.29, 0.717) is 30.6 Å². The van der Waals surface area contributed by atoms with Gasteiger partial charge in [0.25, 0.3) is 11.6 Å². The number of hydrogen-bond donors (Lipinski definition) is 1. The number of nitro benzene ring substituents is 1. The minimum Gasteiger partial charge on any atom is -0.350 e. The van der Waals surface area contributed by atoms with Crippen molar-refractivity contribution >= 4 is 17.5 Å². The number of nitro groups is 1. The maximum absolute atomic E-state index is 13.0. The Morgan fingerprint density at radius 2 is 2.00 bits per heavy atom. The molecule has 1 aromatic heterocycles. The molecule has 32 heavy (non-hydrogen) atoms. The molecule has 2 aromatic carbocycles. The molecule has 10 nitrogen and oxygen atoms in total. The summed E-state index contributed by atoms with van der Waals surface area (Å²) in [5.74, 6) is -0.507. The first kappa shape index (κ1) is 21.2. The van der Waals surface area contributed by atoms with Crippen molar-refractivity contribution in [3.8, 4) is 5.69 Å². The van der Waals surface area contributed by atoms with Crippen LogP contribution in [0.4, 0.5) is 5.69 Å². The normalized spacial score (nSPS) is 15.5. The Morgan fingerprint density at radius 3 is 2.66 bits per heavy atom. The molecule has 1 saturated heterocycles. The maximum Gasteiger partial charge on any atom is 0.272 e. The van der Waals surface area contributed by atoms with Crippen molar-refractivity contribution in [2.45, 2.75) is 32.4 Å². The highest BCUT2D eigenvalue weighted by molar-refractivity contribution is 5.98. The second kappa shape index (κ2) is 8.96. The van der Waals surface area contributed by atoms with Crippen LogP contribution in [-0.4, -0.2) is 49.0 Å². The maximum atomic E-state index is 13.0. The summed E-state index contributed by atoms with van der Waals surface area (Å²) in [6, 6.07) is 11.3. The topological polar surface area (TPSA) is 123 Å². The van der Waals surface area contributed by atoms with E-state index in [9.17, 15) is 19.7 Å². The van der Waals surface area contributed by atoms with Crippen LogP contribution in [-0.2, 0) is 11.3 Å². The van der Waals surface area contributed by atoms with Gasteiger partial charge in [-0.1, -0.05) is 12.1 Å². The van der Waals surface area contributed by atoms with Crippen LogP contribution in [0.5, 0.6) is 0 Å². The summed E-state index contributed by atoms with van der Waals surface area (Å²) in [5, 5.41) is 18.0. The molecule has 1 unspecified atom stereocenters. The van der Waals surface area contributed by atoms with Crippen molar-refractivity contribution in [1.29, 1.82) is 0 Å². The van der Waals surface area contributed by atoms with Gasteiger partial charge >= 0.3 is 0 Å². The molecule has 1 N–H and O–H groups in total. The highest BCUT2D eigenvalue weighted by atomic mass is 16.6. The highest BCUT2D eigenvalue weighted by Crippen LogP contribution is 2.24. The molecule has 3 aromatic rings. The first-order valence-electron chi connectivity index (χ1n) is 10.2. The third-order valence-corrected chi connectivity index (χ3v) is 5.54. The van der Waals surface area contributed by atoms with E-state index in [-0.39, 0.29) is 17.5 Å². The fourth-order valence-electron chi connectivity index (χ4n) is 3.86. The first-order valence-corrected chi connectivity index (χ1v) is 10.2. The SMILES string of the molecule is Cc1cc(C(=O)N2CCCC2C(=O)NCc2ccc(-n3cncn3)cc2)ccc1[N+](=O)[O-]. The second-order valence-corrected chi connectivity index (χ2v) is 7.64. The molecule has 0 aliphatic carbocycles. The molecule has 4 rings (SSSR count). The summed E-state index contributed by atoms with van der Waals surface area (Å²) in [5.41, 5.74) is 2.51. The number of nitrogens with one attached hydrogen (secondary N) is 1. The number of aromatic nitrogens is 3. The Morgan fingerprint density at radius 1 is 1.22 bits per heavy atom. The van der Waals surface area contributed by atoms with Crippen LogP contribution in [0.2, 0.25) is 0 Å². The number of carbonyl (C=O) groups is 2. The minimum atomic E-state index is -0.563. The van der Waals surface area contributed by atoms with Crippen LogP contribution in [0.15, 0.2) is 55.1 Å². The van der Waals surface area contributed by atoms with Gasteiger partial charge in [0.2, 0.25) is 5.91 Å². The van der Waals surface area contributed by atoms with Crippen LogP contribution >= 0.6 is 0 Å². The molecule has 1 aliphatic rings. The zero-order chi connectivity index (χ0) is 22.7. The fourth-order valence-corrected chi connectivity index (χ4v) is 3.86. The third kappa shape index (κ3) is 4.34. The van der Waals surface area contributed by atoms with Gasteiger partial charge < -0.3 is 10.2 Å². The molecule has 0 spiro atoms. The zero-order valence-electron chi connectivity index (χ0n) is 17.5. The lowest BCUT2D eigenvalue weighted by Crippen LogP contribution is -2.45. The van der Waals surface area contributed by atoms with Crippen LogP contribution in [0.25, 0.3) is 5.69 Å². The molecule has 1 atom stereocenters. The van der Waals surface area contributed by atoms with Crippen LogP contribution in [0.1, 0.15) is 34.3 Å². The van der Waals surface area contributed by atoms with Crippen molar-refractivity contribution < 1.29 is 14.5 Å². The molecule has 2 heterocycles. The number of hydrogen-bond acceptors (Lipinski definition) is 6. The van der Waals surface area contributed by atoms with Crippen molar-refractivity contribution in [2.24, 2.45) is 0 Å². The lowest BCUT2D eigenvalue weighted by molar-refractivity contribution is -0.385. The highest BCUT2D eigenvalue weighted by Gasteiger charge is 2.34. The van der Waals surface area contributed by atoms with Gasteiger partial charge in [-0.05, 0) is 49.6 Å². The Balaban J connectivity index is 1.39. The van der Waals surface area contributed by atoms with E-state index in [4.69, 9.17) is 0 Å². The van der Waals surface area contributed by atoms with Gasteiger partial charge in [-0.25, -0.2) is 9.67 Å². The molecule has 0 saturated carbocycles. The average Bonchev–Trinajstić information content (AvgIpc) is 3.49. The van der Waals surface area contributed by atoms with E-state index in [0.717, 1.165) is 17.7 Å². The minimum absolute atomic E-state index is 0.0351. The molecule has 1 fully saturated rings. The van der Waals surface area contributed by atoms with Gasteiger partial charge in [-0.2, -0.15) is 5.10 Å². The monoisotopic (exact) mass is 434 g/mol. The molecule has 0 radical (unpaired) electrons. The van der Waals surface area contributed by atoms with E-state index in [1.54, 1.807) is 22.8 Å². The van der Waals surface area contributed by atoms with Gasteiger partial charge in [-0.15, -0.1) is 0 Å². The van der Waals surface area contributed by atoms with E-state index >= 15 is 0 Å². The zero-order valence-corrected chi connectivity index (χ0v) is 17.5. The van der Waals surface area contributed by atoms with Crippen LogP contribution in [0, 0.1) is 17.0 Å². The van der Waals surface area contributed by atoms with Crippen molar-refractivity contribution in [2.75, 3.05) is 6.54 Å². The molecule has 1 aliphatic heterocycles. The molecule has 164 valence electrons. The van der Waals surface area contributed by atoms with Crippen molar-refractivity contribution in [1.82, 2.24) is 25.0 Å².